The van der Waals surface area contributed by atoms with Crippen molar-refractivity contribution in [3.05, 3.63) is 58.6 Å². The van der Waals surface area contributed by atoms with Gasteiger partial charge in [0.15, 0.2) is 11.5 Å². The molecule has 1 N–H and O–H groups in total. The molecule has 0 aromatic heterocycles. The Hall–Kier alpha value is -1.42. The zero-order valence-corrected chi connectivity index (χ0v) is 14.3. The van der Waals surface area contributed by atoms with Crippen LogP contribution in [0.4, 0.5) is 0 Å². The quantitative estimate of drug-likeness (QED) is 0.806. The summed E-state index contributed by atoms with van der Waals surface area (Å²) in [6.45, 7) is 3.71. The number of rotatable bonds is 7. The lowest BCUT2D eigenvalue weighted by Crippen LogP contribution is -2.06. The molecule has 0 unspecified atom stereocenters. The third kappa shape index (κ3) is 5.09. The van der Waals surface area contributed by atoms with Gasteiger partial charge in [0, 0.05) is 6.54 Å². The Morgan fingerprint density at radius 3 is 2.41 bits per heavy atom. The second-order valence-corrected chi connectivity index (χ2v) is 5.05. The number of hydrogen-bond donors (Lipinski definition) is 1. The molecule has 0 atom stereocenters. The summed E-state index contributed by atoms with van der Waals surface area (Å²) in [4.78, 5) is 0. The van der Waals surface area contributed by atoms with Gasteiger partial charge in [0.2, 0.25) is 0 Å². The Bertz CT molecular complexity index is 576. The second kappa shape index (κ2) is 9.57. The monoisotopic (exact) mass is 341 g/mol. The van der Waals surface area contributed by atoms with Gasteiger partial charge >= 0.3 is 0 Å². The van der Waals surface area contributed by atoms with Crippen LogP contribution in [0.25, 0.3) is 0 Å². The van der Waals surface area contributed by atoms with E-state index in [1.165, 1.54) is 0 Å². The Labute approximate surface area is 143 Å². The lowest BCUT2D eigenvalue weighted by molar-refractivity contribution is 0.269. The molecule has 3 nitrogen and oxygen atoms in total. The first-order chi connectivity index (χ1) is 10.2. The minimum atomic E-state index is 0. The van der Waals surface area contributed by atoms with E-state index in [4.69, 9.17) is 21.1 Å². The van der Waals surface area contributed by atoms with E-state index in [2.05, 4.69) is 5.32 Å². The minimum absolute atomic E-state index is 0. The molecule has 0 amide bonds. The first-order valence-electron chi connectivity index (χ1n) is 7.01. The average Bonchev–Trinajstić information content (AvgIpc) is 2.48. The molecular weight excluding hydrogens is 321 g/mol. The smallest absolute Gasteiger partial charge is 0.180 e. The van der Waals surface area contributed by atoms with E-state index >= 15 is 0 Å². The van der Waals surface area contributed by atoms with E-state index in [0.717, 1.165) is 17.7 Å². The Morgan fingerprint density at radius 2 is 1.77 bits per heavy atom. The van der Waals surface area contributed by atoms with Crippen molar-refractivity contribution in [1.29, 1.82) is 0 Å². The molecule has 0 aliphatic carbocycles. The van der Waals surface area contributed by atoms with E-state index in [-0.39, 0.29) is 12.4 Å². The van der Waals surface area contributed by atoms with Gasteiger partial charge in [0.25, 0.3) is 0 Å². The maximum atomic E-state index is 6.34. The van der Waals surface area contributed by atoms with Crippen LogP contribution in [0.1, 0.15) is 18.1 Å². The van der Waals surface area contributed by atoms with Gasteiger partial charge in [-0.1, -0.05) is 41.9 Å². The summed E-state index contributed by atoms with van der Waals surface area (Å²) < 4.78 is 11.5. The van der Waals surface area contributed by atoms with E-state index in [9.17, 15) is 0 Å². The van der Waals surface area contributed by atoms with Gasteiger partial charge in [-0.25, -0.2) is 0 Å². The highest BCUT2D eigenvalue weighted by molar-refractivity contribution is 6.32. The number of hydrogen-bond acceptors (Lipinski definition) is 3. The van der Waals surface area contributed by atoms with Gasteiger partial charge in [0.05, 0.1) is 11.6 Å². The predicted octanol–water partition coefficient (Wildman–Crippen LogP) is 4.46. The largest absolute Gasteiger partial charge is 0.490 e. The average molecular weight is 342 g/mol. The molecule has 0 heterocycles. The summed E-state index contributed by atoms with van der Waals surface area (Å²) in [5, 5.41) is 3.67. The molecule has 2 rings (SSSR count). The van der Waals surface area contributed by atoms with Gasteiger partial charge in [-0.05, 0) is 37.2 Å². The molecule has 0 aliphatic heterocycles. The van der Waals surface area contributed by atoms with Crippen LogP contribution in [0.15, 0.2) is 42.5 Å². The van der Waals surface area contributed by atoms with Gasteiger partial charge in [-0.15, -0.1) is 12.4 Å². The molecule has 0 aliphatic rings. The van der Waals surface area contributed by atoms with E-state index < -0.39 is 0 Å². The molecule has 2 aromatic carbocycles. The van der Waals surface area contributed by atoms with E-state index in [1.54, 1.807) is 0 Å². The second-order valence-electron chi connectivity index (χ2n) is 4.64. The zero-order valence-electron chi connectivity index (χ0n) is 12.8. The molecule has 0 saturated carbocycles. The Kier molecular flexibility index (Phi) is 8.10. The fraction of sp³-hybridized carbons (Fsp3) is 0.294. The van der Waals surface area contributed by atoms with Crippen LogP contribution in [0.2, 0.25) is 5.02 Å². The maximum absolute atomic E-state index is 6.34. The predicted molar refractivity (Wildman–Crippen MR) is 93.4 cm³/mol. The van der Waals surface area contributed by atoms with Crippen LogP contribution in [0, 0.1) is 0 Å². The van der Waals surface area contributed by atoms with Gasteiger partial charge in [-0.2, -0.15) is 0 Å². The van der Waals surface area contributed by atoms with Crippen LogP contribution in [0.5, 0.6) is 11.5 Å². The zero-order chi connectivity index (χ0) is 15.1. The minimum Gasteiger partial charge on any atom is -0.490 e. The highest BCUT2D eigenvalue weighted by atomic mass is 35.5. The summed E-state index contributed by atoms with van der Waals surface area (Å²) in [5.74, 6) is 1.29. The Balaban J connectivity index is 0.00000242. The highest BCUT2D eigenvalue weighted by Gasteiger charge is 2.12. The van der Waals surface area contributed by atoms with Crippen LogP contribution in [0.3, 0.4) is 0 Å². The fourth-order valence-electron chi connectivity index (χ4n) is 2.06. The van der Waals surface area contributed by atoms with Crippen molar-refractivity contribution in [2.75, 3.05) is 13.7 Å². The molecule has 0 saturated heterocycles. The van der Waals surface area contributed by atoms with Gasteiger partial charge in [-0.3, -0.25) is 0 Å². The number of ether oxygens (including phenoxy) is 2. The van der Waals surface area contributed by atoms with Crippen LogP contribution < -0.4 is 14.8 Å². The summed E-state index contributed by atoms with van der Waals surface area (Å²) in [6.07, 6.45) is 0. The molecular formula is C17H21Cl2NO2. The molecule has 2 aromatic rings. The topological polar surface area (TPSA) is 30.5 Å². The molecule has 22 heavy (non-hydrogen) atoms. The standard InChI is InChI=1S/C17H20ClNO2.ClH/c1-3-20-16-10-14(11-19-2)9-15(18)17(16)21-12-13-7-5-4-6-8-13;/h4-10,19H,3,11-12H2,1-2H3;1H. The summed E-state index contributed by atoms with van der Waals surface area (Å²) >= 11 is 6.34. The molecule has 0 radical (unpaired) electrons. The van der Waals surface area contributed by atoms with Crippen LogP contribution in [-0.2, 0) is 13.2 Å². The van der Waals surface area contributed by atoms with Crippen molar-refractivity contribution >= 4 is 24.0 Å². The van der Waals surface area contributed by atoms with Crippen molar-refractivity contribution in [2.24, 2.45) is 0 Å². The molecule has 0 bridgehead atoms. The summed E-state index contributed by atoms with van der Waals surface area (Å²) in [7, 11) is 1.90. The first kappa shape index (κ1) is 18.6. The van der Waals surface area contributed by atoms with Crippen molar-refractivity contribution < 1.29 is 9.47 Å². The summed E-state index contributed by atoms with van der Waals surface area (Å²) in [5.41, 5.74) is 2.16. The number of halogens is 2. The first-order valence-corrected chi connectivity index (χ1v) is 7.39. The van der Waals surface area contributed by atoms with E-state index in [1.807, 2.05) is 56.4 Å². The molecule has 120 valence electrons. The van der Waals surface area contributed by atoms with Gasteiger partial charge < -0.3 is 14.8 Å². The number of benzene rings is 2. The fourth-order valence-corrected chi connectivity index (χ4v) is 2.35. The SMILES string of the molecule is CCOc1cc(CNC)cc(Cl)c1OCc1ccccc1.Cl. The van der Waals surface area contributed by atoms with Crippen molar-refractivity contribution in [3.63, 3.8) is 0 Å². The maximum Gasteiger partial charge on any atom is 0.180 e. The van der Waals surface area contributed by atoms with Crippen molar-refractivity contribution in [2.45, 2.75) is 20.1 Å². The van der Waals surface area contributed by atoms with Crippen molar-refractivity contribution in [3.8, 4) is 11.5 Å². The normalized spacial score (nSPS) is 9.95. The summed E-state index contributed by atoms with van der Waals surface area (Å²) in [6, 6.07) is 13.9. The third-order valence-corrected chi connectivity index (χ3v) is 3.26. The van der Waals surface area contributed by atoms with E-state index in [0.29, 0.717) is 29.7 Å². The molecule has 0 spiro atoms. The van der Waals surface area contributed by atoms with Crippen LogP contribution in [-0.4, -0.2) is 13.7 Å². The Morgan fingerprint density at radius 1 is 1.05 bits per heavy atom. The number of nitrogens with one attached hydrogen (secondary N) is 1. The van der Waals surface area contributed by atoms with Gasteiger partial charge in [0.1, 0.15) is 6.61 Å². The van der Waals surface area contributed by atoms with Crippen molar-refractivity contribution in [1.82, 2.24) is 5.32 Å². The third-order valence-electron chi connectivity index (χ3n) is 2.98. The van der Waals surface area contributed by atoms with Crippen LogP contribution >= 0.6 is 24.0 Å². The lowest BCUT2D eigenvalue weighted by atomic mass is 10.2. The molecule has 5 heteroatoms. The lowest BCUT2D eigenvalue weighted by Gasteiger charge is -2.15. The molecule has 0 fully saturated rings. The highest BCUT2D eigenvalue weighted by Crippen LogP contribution is 2.37.